The lowest BCUT2D eigenvalue weighted by Crippen LogP contribution is -2.46. The molecule has 0 bridgehead atoms. The Morgan fingerprint density at radius 2 is 2.33 bits per heavy atom. The fourth-order valence-electron chi connectivity index (χ4n) is 1.92. The van der Waals surface area contributed by atoms with Gasteiger partial charge in [-0.15, -0.1) is 0 Å². The molecule has 1 saturated heterocycles. The van der Waals surface area contributed by atoms with Crippen molar-refractivity contribution in [2.45, 2.75) is 25.4 Å². The highest BCUT2D eigenvalue weighted by Gasteiger charge is 2.24. The van der Waals surface area contributed by atoms with Crippen LogP contribution in [0.25, 0.3) is 0 Å². The van der Waals surface area contributed by atoms with E-state index >= 15 is 0 Å². The molecule has 90 valence electrons. The second-order valence-corrected chi connectivity index (χ2v) is 5.44. The van der Waals surface area contributed by atoms with Crippen molar-refractivity contribution in [2.24, 2.45) is 11.7 Å². The molecule has 3 atom stereocenters. The van der Waals surface area contributed by atoms with Crippen LogP contribution in [0.5, 0.6) is 0 Å². The molecule has 3 unspecified atom stereocenters. The van der Waals surface area contributed by atoms with Gasteiger partial charge in [-0.3, -0.25) is 0 Å². The predicted octanol–water partition coefficient (Wildman–Crippen LogP) is 1.03. The highest BCUT2D eigenvalue weighted by molar-refractivity contribution is 7.98. The molecule has 0 aromatic heterocycles. The predicted molar refractivity (Wildman–Crippen MR) is 67.4 cm³/mol. The lowest BCUT2D eigenvalue weighted by molar-refractivity contribution is 0.0262. The standard InChI is InChI=1S/C11H24N2OS/c1-9(8-15-3)13(2)6-10-7-14-5-4-11(10)12/h9-11H,4-8,12H2,1-3H3. The molecule has 4 heteroatoms. The third kappa shape index (κ3) is 4.31. The first-order chi connectivity index (χ1) is 7.15. The summed E-state index contributed by atoms with van der Waals surface area (Å²) in [4.78, 5) is 2.40. The number of hydrogen-bond donors (Lipinski definition) is 1. The molecule has 1 heterocycles. The van der Waals surface area contributed by atoms with Gasteiger partial charge in [0.15, 0.2) is 0 Å². The summed E-state index contributed by atoms with van der Waals surface area (Å²) in [6.45, 7) is 4.99. The third-order valence-electron chi connectivity index (χ3n) is 3.22. The van der Waals surface area contributed by atoms with Crippen LogP contribution < -0.4 is 5.73 Å². The Bertz CT molecular complexity index is 180. The van der Waals surface area contributed by atoms with Gasteiger partial charge in [0.25, 0.3) is 0 Å². The van der Waals surface area contributed by atoms with Crippen LogP contribution >= 0.6 is 11.8 Å². The van der Waals surface area contributed by atoms with E-state index in [2.05, 4.69) is 25.1 Å². The first-order valence-electron chi connectivity index (χ1n) is 5.67. The van der Waals surface area contributed by atoms with Crippen LogP contribution in [0.15, 0.2) is 0 Å². The van der Waals surface area contributed by atoms with Crippen molar-refractivity contribution in [2.75, 3.05) is 38.8 Å². The van der Waals surface area contributed by atoms with E-state index in [0.717, 1.165) is 26.2 Å². The van der Waals surface area contributed by atoms with Gasteiger partial charge in [-0.1, -0.05) is 0 Å². The van der Waals surface area contributed by atoms with Crippen molar-refractivity contribution in [1.29, 1.82) is 0 Å². The second kappa shape index (κ2) is 6.74. The van der Waals surface area contributed by atoms with Crippen LogP contribution in [0.3, 0.4) is 0 Å². The molecular formula is C11H24N2OS. The lowest BCUT2D eigenvalue weighted by Gasteiger charge is -2.34. The van der Waals surface area contributed by atoms with E-state index in [1.807, 2.05) is 11.8 Å². The van der Waals surface area contributed by atoms with Gasteiger partial charge in [0.05, 0.1) is 6.61 Å². The number of ether oxygens (including phenoxy) is 1. The molecule has 3 nitrogen and oxygen atoms in total. The maximum Gasteiger partial charge on any atom is 0.0521 e. The molecular weight excluding hydrogens is 208 g/mol. The van der Waals surface area contributed by atoms with E-state index in [1.54, 1.807) is 0 Å². The zero-order chi connectivity index (χ0) is 11.3. The molecule has 15 heavy (non-hydrogen) atoms. The fourth-order valence-corrected chi connectivity index (χ4v) is 2.66. The Labute approximate surface area is 97.7 Å². The van der Waals surface area contributed by atoms with Gasteiger partial charge < -0.3 is 15.4 Å². The van der Waals surface area contributed by atoms with Crippen molar-refractivity contribution in [3.8, 4) is 0 Å². The summed E-state index contributed by atoms with van der Waals surface area (Å²) in [6, 6.07) is 0.941. The highest BCUT2D eigenvalue weighted by atomic mass is 32.2. The van der Waals surface area contributed by atoms with Crippen molar-refractivity contribution >= 4 is 11.8 Å². The van der Waals surface area contributed by atoms with Crippen LogP contribution in [0, 0.1) is 5.92 Å². The molecule has 1 aliphatic rings. The number of hydrogen-bond acceptors (Lipinski definition) is 4. The Balaban J connectivity index is 2.32. The average molecular weight is 232 g/mol. The molecule has 1 rings (SSSR count). The molecule has 0 spiro atoms. The molecule has 0 saturated carbocycles. The molecule has 0 aromatic carbocycles. The normalized spacial score (nSPS) is 29.4. The van der Waals surface area contributed by atoms with Crippen LogP contribution in [-0.4, -0.2) is 55.8 Å². The van der Waals surface area contributed by atoms with Crippen LogP contribution in [-0.2, 0) is 4.74 Å². The van der Waals surface area contributed by atoms with E-state index < -0.39 is 0 Å². The first-order valence-corrected chi connectivity index (χ1v) is 7.07. The smallest absolute Gasteiger partial charge is 0.0521 e. The van der Waals surface area contributed by atoms with Crippen LogP contribution in [0.4, 0.5) is 0 Å². The lowest BCUT2D eigenvalue weighted by atomic mass is 9.96. The SMILES string of the molecule is CSCC(C)N(C)CC1COCCC1N. The summed E-state index contributed by atoms with van der Waals surface area (Å²) in [5.41, 5.74) is 6.09. The number of nitrogens with zero attached hydrogens (tertiary/aromatic N) is 1. The Morgan fingerprint density at radius 3 is 2.93 bits per heavy atom. The van der Waals surface area contributed by atoms with E-state index in [9.17, 15) is 0 Å². The van der Waals surface area contributed by atoms with Gasteiger partial charge in [0, 0.05) is 36.9 Å². The van der Waals surface area contributed by atoms with Crippen molar-refractivity contribution in [3.63, 3.8) is 0 Å². The monoisotopic (exact) mass is 232 g/mol. The molecule has 0 aliphatic carbocycles. The zero-order valence-corrected chi connectivity index (χ0v) is 10.9. The number of rotatable bonds is 5. The maximum absolute atomic E-state index is 6.09. The first kappa shape index (κ1) is 13.3. The minimum absolute atomic E-state index is 0.322. The zero-order valence-electron chi connectivity index (χ0n) is 10.1. The van der Waals surface area contributed by atoms with E-state index in [1.165, 1.54) is 5.75 Å². The topological polar surface area (TPSA) is 38.5 Å². The van der Waals surface area contributed by atoms with Crippen molar-refractivity contribution in [1.82, 2.24) is 4.90 Å². The van der Waals surface area contributed by atoms with Gasteiger partial charge in [-0.25, -0.2) is 0 Å². The molecule has 1 aliphatic heterocycles. The second-order valence-electron chi connectivity index (χ2n) is 4.53. The maximum atomic E-state index is 6.09. The van der Waals surface area contributed by atoms with E-state index in [4.69, 9.17) is 10.5 Å². The third-order valence-corrected chi connectivity index (χ3v) is 4.03. The van der Waals surface area contributed by atoms with Crippen molar-refractivity contribution in [3.05, 3.63) is 0 Å². The minimum Gasteiger partial charge on any atom is -0.381 e. The Kier molecular flexibility index (Phi) is 5.97. The average Bonchev–Trinajstić information content (AvgIpc) is 2.21. The quantitative estimate of drug-likeness (QED) is 0.768. The van der Waals surface area contributed by atoms with E-state index in [0.29, 0.717) is 18.0 Å². The molecule has 0 radical (unpaired) electrons. The number of thioether (sulfide) groups is 1. The largest absolute Gasteiger partial charge is 0.381 e. The summed E-state index contributed by atoms with van der Waals surface area (Å²) in [5, 5.41) is 0. The Morgan fingerprint density at radius 1 is 1.60 bits per heavy atom. The summed E-state index contributed by atoms with van der Waals surface area (Å²) in [7, 11) is 2.18. The Hall–Kier alpha value is 0.230. The summed E-state index contributed by atoms with van der Waals surface area (Å²) < 4.78 is 5.48. The minimum atomic E-state index is 0.322. The van der Waals surface area contributed by atoms with Gasteiger partial charge in [0.2, 0.25) is 0 Å². The van der Waals surface area contributed by atoms with Crippen LogP contribution in [0.2, 0.25) is 0 Å². The van der Waals surface area contributed by atoms with Gasteiger partial charge in [-0.05, 0) is 26.6 Å². The summed E-state index contributed by atoms with van der Waals surface area (Å²) >= 11 is 1.90. The summed E-state index contributed by atoms with van der Waals surface area (Å²) in [6.07, 6.45) is 3.16. The van der Waals surface area contributed by atoms with Gasteiger partial charge in [0.1, 0.15) is 0 Å². The number of nitrogens with two attached hydrogens (primary N) is 1. The molecule has 1 fully saturated rings. The summed E-state index contributed by atoms with van der Waals surface area (Å²) in [5.74, 6) is 1.69. The van der Waals surface area contributed by atoms with E-state index in [-0.39, 0.29) is 0 Å². The van der Waals surface area contributed by atoms with Crippen molar-refractivity contribution < 1.29 is 4.74 Å². The molecule has 0 amide bonds. The highest BCUT2D eigenvalue weighted by Crippen LogP contribution is 2.15. The van der Waals surface area contributed by atoms with Gasteiger partial charge >= 0.3 is 0 Å². The van der Waals surface area contributed by atoms with Gasteiger partial charge in [-0.2, -0.15) is 11.8 Å². The van der Waals surface area contributed by atoms with Crippen LogP contribution in [0.1, 0.15) is 13.3 Å². The molecule has 2 N–H and O–H groups in total. The molecule has 0 aromatic rings. The fraction of sp³-hybridized carbons (Fsp3) is 1.00.